The van der Waals surface area contributed by atoms with Gasteiger partial charge in [-0.2, -0.15) is 4.98 Å². The second kappa shape index (κ2) is 9.73. The van der Waals surface area contributed by atoms with Crippen LogP contribution in [-0.4, -0.2) is 57.1 Å². The van der Waals surface area contributed by atoms with Gasteiger partial charge in [0.05, 0.1) is 5.41 Å². The molecule has 1 N–H and O–H groups in total. The minimum atomic E-state index is -0.564. The third-order valence-electron chi connectivity index (χ3n) is 9.04. The molecule has 0 bridgehead atoms. The second-order valence-corrected chi connectivity index (χ2v) is 15.0. The number of ether oxygens (including phenoxy) is 2. The smallest absolute Gasteiger partial charge is 0.410 e. The van der Waals surface area contributed by atoms with E-state index in [2.05, 4.69) is 34.7 Å². The Hall–Kier alpha value is -3.10. The summed E-state index contributed by atoms with van der Waals surface area (Å²) < 4.78 is 17.1. The SMILES string of the molecule is CC(C)(C)OC(=O)NC1CC2(C1)CC(c1nc(C3(CN(C(=O)OC(C)(C)C)[C@@H]4C[C@H]4c4ccccc4)CC3)no1)C2. The zero-order chi connectivity index (χ0) is 29.2. The molecular formula is C32H44N4O5. The summed E-state index contributed by atoms with van der Waals surface area (Å²) in [6.45, 7) is 11.9. The highest BCUT2D eigenvalue weighted by molar-refractivity contribution is 5.70. The van der Waals surface area contributed by atoms with Crippen molar-refractivity contribution in [2.45, 2.75) is 127 Å². The molecule has 9 heteroatoms. The number of benzene rings is 1. The van der Waals surface area contributed by atoms with Crippen LogP contribution in [0.25, 0.3) is 0 Å². The zero-order valence-corrected chi connectivity index (χ0v) is 25.2. The van der Waals surface area contributed by atoms with Crippen molar-refractivity contribution in [1.29, 1.82) is 0 Å². The van der Waals surface area contributed by atoms with Crippen LogP contribution in [0.4, 0.5) is 9.59 Å². The second-order valence-electron chi connectivity index (χ2n) is 15.0. The van der Waals surface area contributed by atoms with Crippen molar-refractivity contribution in [3.8, 4) is 0 Å². The summed E-state index contributed by atoms with van der Waals surface area (Å²) in [5.41, 5.74) is 0.181. The van der Waals surface area contributed by atoms with Crippen LogP contribution in [0.5, 0.6) is 0 Å². The number of aromatic nitrogens is 2. The van der Waals surface area contributed by atoms with E-state index >= 15 is 0 Å². The summed E-state index contributed by atoms with van der Waals surface area (Å²) in [4.78, 5) is 32.3. The molecule has 4 aliphatic carbocycles. The number of amides is 2. The van der Waals surface area contributed by atoms with Crippen LogP contribution in [-0.2, 0) is 14.9 Å². The van der Waals surface area contributed by atoms with Crippen LogP contribution in [0.15, 0.2) is 34.9 Å². The van der Waals surface area contributed by atoms with Crippen molar-refractivity contribution >= 4 is 12.2 Å². The van der Waals surface area contributed by atoms with Gasteiger partial charge in [-0.05, 0) is 97.5 Å². The maximum Gasteiger partial charge on any atom is 0.410 e. The van der Waals surface area contributed by atoms with Gasteiger partial charge >= 0.3 is 12.2 Å². The molecule has 9 nitrogen and oxygen atoms in total. The largest absolute Gasteiger partial charge is 0.444 e. The number of hydrogen-bond acceptors (Lipinski definition) is 7. The highest BCUT2D eigenvalue weighted by Gasteiger charge is 2.57. The lowest BCUT2D eigenvalue weighted by atomic mass is 9.50. The van der Waals surface area contributed by atoms with Gasteiger partial charge in [-0.15, -0.1) is 0 Å². The first-order chi connectivity index (χ1) is 19.2. The number of nitrogens with zero attached hydrogens (tertiary/aromatic N) is 3. The number of nitrogens with one attached hydrogen (secondary N) is 1. The number of carbonyl (C=O) groups excluding carboxylic acids is 2. The van der Waals surface area contributed by atoms with E-state index in [0.29, 0.717) is 18.4 Å². The molecule has 222 valence electrons. The molecule has 2 aromatic rings. The number of hydrogen-bond donors (Lipinski definition) is 1. The fraction of sp³-hybridized carbons (Fsp3) is 0.688. The molecular weight excluding hydrogens is 520 g/mol. The number of alkyl carbamates (subject to hydrolysis) is 1. The molecule has 4 aliphatic rings. The van der Waals surface area contributed by atoms with Gasteiger partial charge in [0.2, 0.25) is 5.89 Å². The van der Waals surface area contributed by atoms with Crippen LogP contribution in [0.2, 0.25) is 0 Å². The molecule has 4 fully saturated rings. The molecule has 0 saturated heterocycles. The summed E-state index contributed by atoms with van der Waals surface area (Å²) in [5.74, 6) is 2.00. The minimum Gasteiger partial charge on any atom is -0.444 e. The molecule has 2 amide bonds. The number of carbonyl (C=O) groups is 2. The lowest BCUT2D eigenvalue weighted by Crippen LogP contribution is -2.56. The maximum atomic E-state index is 13.4. The van der Waals surface area contributed by atoms with E-state index in [9.17, 15) is 9.59 Å². The van der Waals surface area contributed by atoms with Crippen LogP contribution in [0.1, 0.15) is 116 Å². The molecule has 1 heterocycles. The fourth-order valence-electron chi connectivity index (χ4n) is 6.82. The van der Waals surface area contributed by atoms with E-state index in [0.717, 1.165) is 50.8 Å². The Kier molecular flexibility index (Phi) is 6.66. The van der Waals surface area contributed by atoms with Gasteiger partial charge in [-0.25, -0.2) is 9.59 Å². The van der Waals surface area contributed by atoms with Gasteiger partial charge in [-0.3, -0.25) is 0 Å². The first kappa shape index (κ1) is 28.0. The fourth-order valence-corrected chi connectivity index (χ4v) is 6.82. The summed E-state index contributed by atoms with van der Waals surface area (Å²) in [6, 6.07) is 10.7. The van der Waals surface area contributed by atoms with Crippen molar-refractivity contribution < 1.29 is 23.6 Å². The van der Waals surface area contributed by atoms with E-state index in [4.69, 9.17) is 19.0 Å². The minimum absolute atomic E-state index is 0.114. The first-order valence-corrected chi connectivity index (χ1v) is 15.1. The van der Waals surface area contributed by atoms with E-state index in [1.807, 2.05) is 52.5 Å². The van der Waals surface area contributed by atoms with E-state index in [-0.39, 0.29) is 41.0 Å². The average Bonchev–Trinajstić information content (AvgIpc) is 3.73. The van der Waals surface area contributed by atoms with Gasteiger partial charge in [0.25, 0.3) is 0 Å². The van der Waals surface area contributed by atoms with E-state index in [1.165, 1.54) is 5.56 Å². The van der Waals surface area contributed by atoms with Gasteiger partial charge in [0, 0.05) is 30.5 Å². The van der Waals surface area contributed by atoms with Crippen molar-refractivity contribution in [2.75, 3.05) is 6.54 Å². The van der Waals surface area contributed by atoms with Gasteiger partial charge in [-0.1, -0.05) is 35.5 Å². The summed E-state index contributed by atoms with van der Waals surface area (Å²) in [5, 5.41) is 7.44. The van der Waals surface area contributed by atoms with Crippen molar-refractivity contribution in [2.24, 2.45) is 5.41 Å². The van der Waals surface area contributed by atoms with Gasteiger partial charge in [0.15, 0.2) is 5.82 Å². The van der Waals surface area contributed by atoms with Crippen molar-refractivity contribution in [3.05, 3.63) is 47.6 Å². The number of rotatable bonds is 7. The van der Waals surface area contributed by atoms with Crippen molar-refractivity contribution in [1.82, 2.24) is 20.4 Å². The molecule has 4 saturated carbocycles. The maximum absolute atomic E-state index is 13.4. The van der Waals surface area contributed by atoms with Crippen LogP contribution in [0, 0.1) is 5.41 Å². The van der Waals surface area contributed by atoms with Crippen molar-refractivity contribution in [3.63, 3.8) is 0 Å². The monoisotopic (exact) mass is 564 g/mol. The highest BCUT2D eigenvalue weighted by Crippen LogP contribution is 2.62. The Morgan fingerprint density at radius 3 is 2.27 bits per heavy atom. The van der Waals surface area contributed by atoms with Crippen LogP contribution < -0.4 is 5.32 Å². The molecule has 2 atom stereocenters. The third kappa shape index (κ3) is 6.09. The Balaban J connectivity index is 1.07. The highest BCUT2D eigenvalue weighted by atomic mass is 16.6. The molecule has 41 heavy (non-hydrogen) atoms. The summed E-state index contributed by atoms with van der Waals surface area (Å²) in [7, 11) is 0. The quantitative estimate of drug-likeness (QED) is 0.412. The molecule has 1 aromatic carbocycles. The Morgan fingerprint density at radius 1 is 1.00 bits per heavy atom. The summed E-state index contributed by atoms with van der Waals surface area (Å²) in [6.07, 6.45) is 6.11. The van der Waals surface area contributed by atoms with Gasteiger partial charge in [0.1, 0.15) is 11.2 Å². The normalized spacial score (nSPS) is 29.6. The lowest BCUT2D eigenvalue weighted by molar-refractivity contribution is -0.0326. The first-order valence-electron chi connectivity index (χ1n) is 15.1. The Bertz CT molecular complexity index is 1280. The predicted octanol–water partition coefficient (Wildman–Crippen LogP) is 6.45. The summed E-state index contributed by atoms with van der Waals surface area (Å²) >= 11 is 0. The molecule has 0 radical (unpaired) electrons. The standard InChI is InChI=1S/C32H44N4O5/c1-29(2,3)39-27(37)33-22-17-31(18-22)15-21(16-31)25-34-26(35-41-25)32(12-13-32)19-36(28(38)40-30(4,5)6)24-14-23(24)20-10-8-7-9-11-20/h7-11,21-24H,12-19H2,1-6H3,(H,33,37)/t21?,22?,23-,24+,31?/m0/s1. The van der Waals surface area contributed by atoms with Gasteiger partial charge < -0.3 is 24.2 Å². The van der Waals surface area contributed by atoms with Crippen LogP contribution >= 0.6 is 0 Å². The average molecular weight is 565 g/mol. The third-order valence-corrected chi connectivity index (χ3v) is 9.04. The lowest BCUT2D eigenvalue weighted by Gasteiger charge is -2.56. The molecule has 0 aliphatic heterocycles. The predicted molar refractivity (Wildman–Crippen MR) is 153 cm³/mol. The molecule has 0 unspecified atom stereocenters. The van der Waals surface area contributed by atoms with E-state index in [1.54, 1.807) is 0 Å². The molecule has 6 rings (SSSR count). The zero-order valence-electron chi connectivity index (χ0n) is 25.2. The Morgan fingerprint density at radius 2 is 1.66 bits per heavy atom. The topological polar surface area (TPSA) is 107 Å². The van der Waals surface area contributed by atoms with Crippen LogP contribution in [0.3, 0.4) is 0 Å². The Labute approximate surface area is 242 Å². The molecule has 1 aromatic heterocycles. The molecule has 1 spiro atoms. The van der Waals surface area contributed by atoms with E-state index < -0.39 is 11.2 Å².